The van der Waals surface area contributed by atoms with Gasteiger partial charge >= 0.3 is 0 Å². The molecular formula is C12H21N3O2S. The average Bonchev–Trinajstić information content (AvgIpc) is 2.99. The number of rotatable bonds is 5. The van der Waals surface area contributed by atoms with Crippen LogP contribution in [0.2, 0.25) is 0 Å². The summed E-state index contributed by atoms with van der Waals surface area (Å²) in [5.74, 6) is 0.303. The van der Waals surface area contributed by atoms with Crippen LogP contribution in [0, 0.1) is 5.92 Å². The molecule has 1 aromatic rings. The molecule has 0 aromatic carbocycles. The number of hydrogen-bond acceptors (Lipinski definition) is 3. The van der Waals surface area contributed by atoms with Gasteiger partial charge in [0, 0.05) is 25.3 Å². The number of aromatic nitrogens is 2. The van der Waals surface area contributed by atoms with Gasteiger partial charge in [-0.3, -0.25) is 4.68 Å². The molecular weight excluding hydrogens is 250 g/mol. The Morgan fingerprint density at radius 3 is 2.39 bits per heavy atom. The molecule has 0 unspecified atom stereocenters. The van der Waals surface area contributed by atoms with Crippen molar-refractivity contribution in [1.29, 1.82) is 0 Å². The third-order valence-electron chi connectivity index (χ3n) is 3.53. The van der Waals surface area contributed by atoms with Gasteiger partial charge < -0.3 is 0 Å². The molecule has 6 heteroatoms. The molecule has 0 bridgehead atoms. The topological polar surface area (TPSA) is 55.2 Å². The molecule has 18 heavy (non-hydrogen) atoms. The second-order valence-corrected chi connectivity index (χ2v) is 7.24. The summed E-state index contributed by atoms with van der Waals surface area (Å²) in [6.45, 7) is 6.09. The lowest BCUT2D eigenvalue weighted by Gasteiger charge is -2.30. The van der Waals surface area contributed by atoms with Crippen LogP contribution in [0.15, 0.2) is 17.3 Å². The maximum atomic E-state index is 12.6. The third-order valence-corrected chi connectivity index (χ3v) is 5.52. The highest BCUT2D eigenvalue weighted by Gasteiger charge is 2.42. The molecule has 1 atom stereocenters. The molecule has 0 aliphatic heterocycles. The van der Waals surface area contributed by atoms with Crippen molar-refractivity contribution in [2.24, 2.45) is 13.0 Å². The fourth-order valence-corrected chi connectivity index (χ4v) is 4.02. The Morgan fingerprint density at radius 2 is 2.00 bits per heavy atom. The van der Waals surface area contributed by atoms with Gasteiger partial charge in [0.2, 0.25) is 10.0 Å². The SMILES string of the molecule is CC(C)[C@@H](C)N(C1CC1)S(=O)(=O)c1cnn(C)c1. The highest BCUT2D eigenvalue weighted by atomic mass is 32.2. The summed E-state index contributed by atoms with van der Waals surface area (Å²) in [5, 5.41) is 3.96. The van der Waals surface area contributed by atoms with Crippen molar-refractivity contribution in [3.8, 4) is 0 Å². The molecule has 1 heterocycles. The van der Waals surface area contributed by atoms with E-state index in [9.17, 15) is 8.42 Å². The third kappa shape index (κ3) is 2.44. The van der Waals surface area contributed by atoms with E-state index >= 15 is 0 Å². The van der Waals surface area contributed by atoms with Crippen LogP contribution >= 0.6 is 0 Å². The van der Waals surface area contributed by atoms with Crippen molar-refractivity contribution in [3.63, 3.8) is 0 Å². The molecule has 0 radical (unpaired) electrons. The molecule has 2 rings (SSSR count). The summed E-state index contributed by atoms with van der Waals surface area (Å²) < 4.78 is 28.5. The van der Waals surface area contributed by atoms with E-state index < -0.39 is 10.0 Å². The summed E-state index contributed by atoms with van der Waals surface area (Å²) in [7, 11) is -1.68. The summed E-state index contributed by atoms with van der Waals surface area (Å²) in [4.78, 5) is 0.296. The van der Waals surface area contributed by atoms with Gasteiger partial charge in [0.15, 0.2) is 0 Å². The molecule has 0 saturated heterocycles. The molecule has 1 aromatic heterocycles. The number of aryl methyl sites for hydroxylation is 1. The highest BCUT2D eigenvalue weighted by molar-refractivity contribution is 7.89. The van der Waals surface area contributed by atoms with E-state index in [1.54, 1.807) is 17.5 Å². The van der Waals surface area contributed by atoms with Crippen molar-refractivity contribution in [1.82, 2.24) is 14.1 Å². The zero-order valence-electron chi connectivity index (χ0n) is 11.4. The first-order valence-corrected chi connectivity index (χ1v) is 7.80. The Hall–Kier alpha value is -0.880. The fourth-order valence-electron chi connectivity index (χ4n) is 2.02. The lowest BCUT2D eigenvalue weighted by molar-refractivity contribution is 0.269. The molecule has 0 spiro atoms. The molecule has 1 aliphatic carbocycles. The van der Waals surface area contributed by atoms with E-state index in [0.29, 0.717) is 10.8 Å². The monoisotopic (exact) mass is 271 g/mol. The molecule has 0 amide bonds. The number of hydrogen-bond donors (Lipinski definition) is 0. The van der Waals surface area contributed by atoms with E-state index in [2.05, 4.69) is 18.9 Å². The largest absolute Gasteiger partial charge is 0.274 e. The molecule has 1 aliphatic rings. The van der Waals surface area contributed by atoms with Crippen molar-refractivity contribution in [2.45, 2.75) is 50.6 Å². The smallest absolute Gasteiger partial charge is 0.246 e. The normalized spacial score (nSPS) is 18.6. The predicted octanol–water partition coefficient (Wildman–Crippen LogP) is 1.62. The second-order valence-electron chi connectivity index (χ2n) is 5.40. The summed E-state index contributed by atoms with van der Waals surface area (Å²) in [5.41, 5.74) is 0. The van der Waals surface area contributed by atoms with Crippen LogP contribution in [0.4, 0.5) is 0 Å². The summed E-state index contributed by atoms with van der Waals surface area (Å²) >= 11 is 0. The van der Waals surface area contributed by atoms with Crippen LogP contribution in [-0.2, 0) is 17.1 Å². The standard InChI is InChI=1S/C12H21N3O2S/c1-9(2)10(3)15(11-5-6-11)18(16,17)12-7-13-14(4)8-12/h7-11H,5-6H2,1-4H3/t10-/m1/s1. The Morgan fingerprint density at radius 1 is 1.39 bits per heavy atom. The number of sulfonamides is 1. The zero-order chi connectivity index (χ0) is 13.5. The van der Waals surface area contributed by atoms with Crippen molar-refractivity contribution in [3.05, 3.63) is 12.4 Å². The zero-order valence-corrected chi connectivity index (χ0v) is 12.2. The fraction of sp³-hybridized carbons (Fsp3) is 0.750. The first-order chi connectivity index (χ1) is 8.34. The first-order valence-electron chi connectivity index (χ1n) is 6.36. The van der Waals surface area contributed by atoms with Gasteiger partial charge in [0.05, 0.1) is 6.20 Å². The van der Waals surface area contributed by atoms with E-state index in [0.717, 1.165) is 12.8 Å². The minimum absolute atomic E-state index is 0.0164. The van der Waals surface area contributed by atoms with E-state index in [1.807, 2.05) is 6.92 Å². The van der Waals surface area contributed by atoms with Gasteiger partial charge in [-0.05, 0) is 25.7 Å². The number of nitrogens with zero attached hydrogens (tertiary/aromatic N) is 3. The summed E-state index contributed by atoms with van der Waals surface area (Å²) in [6.07, 6.45) is 4.93. The highest BCUT2D eigenvalue weighted by Crippen LogP contribution is 2.35. The molecule has 102 valence electrons. The van der Waals surface area contributed by atoms with Crippen molar-refractivity contribution >= 4 is 10.0 Å². The average molecular weight is 271 g/mol. The van der Waals surface area contributed by atoms with Gasteiger partial charge in [-0.15, -0.1) is 0 Å². The quantitative estimate of drug-likeness (QED) is 0.817. The minimum atomic E-state index is -3.41. The van der Waals surface area contributed by atoms with E-state index in [-0.39, 0.29) is 12.1 Å². The Kier molecular flexibility index (Phi) is 3.51. The van der Waals surface area contributed by atoms with E-state index in [4.69, 9.17) is 0 Å². The minimum Gasteiger partial charge on any atom is -0.274 e. The van der Waals surface area contributed by atoms with Crippen LogP contribution in [0.5, 0.6) is 0 Å². The molecule has 5 nitrogen and oxygen atoms in total. The van der Waals surface area contributed by atoms with Gasteiger partial charge in [0.25, 0.3) is 0 Å². The Bertz CT molecular complexity index is 517. The van der Waals surface area contributed by atoms with Crippen LogP contribution in [-0.4, -0.2) is 34.6 Å². The lowest BCUT2D eigenvalue weighted by atomic mass is 10.1. The Balaban J connectivity index is 2.36. The van der Waals surface area contributed by atoms with Gasteiger partial charge in [-0.1, -0.05) is 13.8 Å². The molecule has 0 N–H and O–H groups in total. The second kappa shape index (κ2) is 4.66. The molecule has 1 fully saturated rings. The maximum absolute atomic E-state index is 12.6. The molecule has 1 saturated carbocycles. The van der Waals surface area contributed by atoms with E-state index in [1.165, 1.54) is 10.9 Å². The lowest BCUT2D eigenvalue weighted by Crippen LogP contribution is -2.42. The van der Waals surface area contributed by atoms with Crippen LogP contribution in [0.1, 0.15) is 33.6 Å². The maximum Gasteiger partial charge on any atom is 0.246 e. The Labute approximate surface area is 109 Å². The van der Waals surface area contributed by atoms with Crippen molar-refractivity contribution in [2.75, 3.05) is 0 Å². The van der Waals surface area contributed by atoms with Crippen LogP contribution in [0.25, 0.3) is 0 Å². The van der Waals surface area contributed by atoms with Gasteiger partial charge in [-0.2, -0.15) is 9.40 Å². The van der Waals surface area contributed by atoms with Crippen LogP contribution in [0.3, 0.4) is 0 Å². The van der Waals surface area contributed by atoms with Crippen LogP contribution < -0.4 is 0 Å². The van der Waals surface area contributed by atoms with Gasteiger partial charge in [-0.25, -0.2) is 8.42 Å². The summed E-state index contributed by atoms with van der Waals surface area (Å²) in [6, 6.07) is 0.190. The first kappa shape index (κ1) is 13.5. The van der Waals surface area contributed by atoms with Crippen molar-refractivity contribution < 1.29 is 8.42 Å². The predicted molar refractivity (Wildman–Crippen MR) is 69.6 cm³/mol. The van der Waals surface area contributed by atoms with Gasteiger partial charge in [0.1, 0.15) is 4.90 Å².